The molecule has 0 aliphatic carbocycles. The standard InChI is InChI=1S/C14H20N4O3/c1-10(15)11-4-3-7-17(9-11)14(19)16-12-5-2-6-13(8-12)18(20)21/h2,5-6,8,10-11H,3-4,7,9,15H2,1H3,(H,16,19). The molecule has 0 radical (unpaired) electrons. The number of carbonyl (C=O) groups excluding carboxylic acids is 1. The van der Waals surface area contributed by atoms with E-state index in [9.17, 15) is 14.9 Å². The van der Waals surface area contributed by atoms with E-state index in [1.54, 1.807) is 17.0 Å². The van der Waals surface area contributed by atoms with Gasteiger partial charge in [0.1, 0.15) is 0 Å². The lowest BCUT2D eigenvalue weighted by molar-refractivity contribution is -0.384. The van der Waals surface area contributed by atoms with Gasteiger partial charge in [0.05, 0.1) is 4.92 Å². The van der Waals surface area contributed by atoms with Crippen LogP contribution >= 0.6 is 0 Å². The Morgan fingerprint density at radius 2 is 2.33 bits per heavy atom. The van der Waals surface area contributed by atoms with Gasteiger partial charge in [-0.15, -0.1) is 0 Å². The first-order chi connectivity index (χ1) is 9.97. The first kappa shape index (κ1) is 15.2. The Morgan fingerprint density at radius 3 is 3.00 bits per heavy atom. The van der Waals surface area contributed by atoms with Crippen molar-refractivity contribution in [3.05, 3.63) is 34.4 Å². The number of hydrogen-bond donors (Lipinski definition) is 2. The molecule has 1 heterocycles. The van der Waals surface area contributed by atoms with Crippen LogP contribution in [0.1, 0.15) is 19.8 Å². The van der Waals surface area contributed by atoms with Crippen molar-refractivity contribution in [2.45, 2.75) is 25.8 Å². The van der Waals surface area contributed by atoms with Crippen LogP contribution in [-0.4, -0.2) is 35.0 Å². The third-order valence-electron chi connectivity index (χ3n) is 3.80. The van der Waals surface area contributed by atoms with Gasteiger partial charge in [0.25, 0.3) is 5.69 Å². The highest BCUT2D eigenvalue weighted by atomic mass is 16.6. The molecule has 0 saturated carbocycles. The molecule has 2 atom stereocenters. The molecule has 7 nitrogen and oxygen atoms in total. The third-order valence-corrected chi connectivity index (χ3v) is 3.80. The molecule has 1 aliphatic rings. The van der Waals surface area contributed by atoms with Crippen LogP contribution in [0.25, 0.3) is 0 Å². The number of nitrogens with two attached hydrogens (primary N) is 1. The van der Waals surface area contributed by atoms with Gasteiger partial charge in [0, 0.05) is 37.0 Å². The number of nitrogens with one attached hydrogen (secondary N) is 1. The molecule has 2 amide bonds. The van der Waals surface area contributed by atoms with Gasteiger partial charge in [0.2, 0.25) is 0 Å². The number of non-ortho nitro benzene ring substituents is 1. The zero-order valence-corrected chi connectivity index (χ0v) is 12.0. The van der Waals surface area contributed by atoms with Gasteiger partial charge >= 0.3 is 6.03 Å². The Morgan fingerprint density at radius 1 is 1.57 bits per heavy atom. The lowest BCUT2D eigenvalue weighted by Gasteiger charge is -2.34. The first-order valence-electron chi connectivity index (χ1n) is 7.03. The number of nitro benzene ring substituents is 1. The van der Waals surface area contributed by atoms with Crippen molar-refractivity contribution in [2.24, 2.45) is 11.7 Å². The molecule has 0 bridgehead atoms. The number of piperidine rings is 1. The predicted molar refractivity (Wildman–Crippen MR) is 80.1 cm³/mol. The van der Waals surface area contributed by atoms with E-state index >= 15 is 0 Å². The fourth-order valence-corrected chi connectivity index (χ4v) is 2.52. The van der Waals surface area contributed by atoms with E-state index in [1.165, 1.54) is 12.1 Å². The minimum Gasteiger partial charge on any atom is -0.328 e. The number of benzene rings is 1. The Bertz CT molecular complexity index is 533. The Hall–Kier alpha value is -2.15. The van der Waals surface area contributed by atoms with Crippen LogP contribution in [0, 0.1) is 16.0 Å². The summed E-state index contributed by atoms with van der Waals surface area (Å²) in [7, 11) is 0. The van der Waals surface area contributed by atoms with Gasteiger partial charge in [-0.2, -0.15) is 0 Å². The summed E-state index contributed by atoms with van der Waals surface area (Å²) in [6.07, 6.45) is 1.95. The number of likely N-dealkylation sites (tertiary alicyclic amines) is 1. The number of amides is 2. The van der Waals surface area contributed by atoms with Crippen LogP contribution in [0.4, 0.5) is 16.2 Å². The molecule has 0 aromatic heterocycles. The highest BCUT2D eigenvalue weighted by molar-refractivity contribution is 5.89. The molecular formula is C14H20N4O3. The van der Waals surface area contributed by atoms with Crippen molar-refractivity contribution >= 4 is 17.4 Å². The fourth-order valence-electron chi connectivity index (χ4n) is 2.52. The molecule has 2 rings (SSSR count). The summed E-state index contributed by atoms with van der Waals surface area (Å²) in [5, 5.41) is 13.4. The second-order valence-corrected chi connectivity index (χ2v) is 5.45. The number of nitrogens with zero attached hydrogens (tertiary/aromatic N) is 2. The summed E-state index contributed by atoms with van der Waals surface area (Å²) in [6.45, 7) is 3.26. The zero-order valence-electron chi connectivity index (χ0n) is 12.0. The van der Waals surface area contributed by atoms with Gasteiger partial charge in [0.15, 0.2) is 0 Å². The maximum Gasteiger partial charge on any atom is 0.321 e. The number of anilines is 1. The first-order valence-corrected chi connectivity index (χ1v) is 7.03. The summed E-state index contributed by atoms with van der Waals surface area (Å²) in [5.74, 6) is 0.301. The molecule has 7 heteroatoms. The van der Waals surface area contributed by atoms with Crippen LogP contribution in [0.3, 0.4) is 0 Å². The minimum atomic E-state index is -0.483. The molecule has 21 heavy (non-hydrogen) atoms. The van der Waals surface area contributed by atoms with Crippen molar-refractivity contribution in [3.63, 3.8) is 0 Å². The van der Waals surface area contributed by atoms with Crippen molar-refractivity contribution < 1.29 is 9.72 Å². The predicted octanol–water partition coefficient (Wildman–Crippen LogP) is 2.19. The van der Waals surface area contributed by atoms with E-state index < -0.39 is 4.92 Å². The Balaban J connectivity index is 2.01. The van der Waals surface area contributed by atoms with Crippen LogP contribution in [0.2, 0.25) is 0 Å². The van der Waals surface area contributed by atoms with Gasteiger partial charge in [-0.05, 0) is 31.7 Å². The third kappa shape index (κ3) is 3.91. The number of hydrogen-bond acceptors (Lipinski definition) is 4. The topological polar surface area (TPSA) is 102 Å². The molecule has 114 valence electrons. The van der Waals surface area contributed by atoms with Gasteiger partial charge in [-0.1, -0.05) is 6.07 Å². The van der Waals surface area contributed by atoms with E-state index in [0.717, 1.165) is 12.8 Å². The largest absolute Gasteiger partial charge is 0.328 e. The lowest BCUT2D eigenvalue weighted by atomic mass is 9.92. The maximum atomic E-state index is 12.2. The Kier molecular flexibility index (Phi) is 4.74. The van der Waals surface area contributed by atoms with Gasteiger partial charge in [-0.3, -0.25) is 10.1 Å². The van der Waals surface area contributed by atoms with Gasteiger partial charge < -0.3 is 16.0 Å². The average molecular weight is 292 g/mol. The van der Waals surface area contributed by atoms with E-state index in [4.69, 9.17) is 5.73 Å². The highest BCUT2D eigenvalue weighted by Crippen LogP contribution is 2.21. The molecule has 3 N–H and O–H groups in total. The van der Waals surface area contributed by atoms with Crippen molar-refractivity contribution in [1.29, 1.82) is 0 Å². The van der Waals surface area contributed by atoms with Crippen LogP contribution < -0.4 is 11.1 Å². The molecule has 1 fully saturated rings. The number of urea groups is 1. The summed E-state index contributed by atoms with van der Waals surface area (Å²) >= 11 is 0. The summed E-state index contributed by atoms with van der Waals surface area (Å²) < 4.78 is 0. The number of carbonyl (C=O) groups is 1. The van der Waals surface area contributed by atoms with Crippen LogP contribution in [-0.2, 0) is 0 Å². The minimum absolute atomic E-state index is 0.0418. The summed E-state index contributed by atoms with van der Waals surface area (Å²) in [4.78, 5) is 24.2. The molecule has 1 aromatic carbocycles. The van der Waals surface area contributed by atoms with E-state index in [-0.39, 0.29) is 17.8 Å². The normalized spacial score (nSPS) is 19.9. The monoisotopic (exact) mass is 292 g/mol. The van der Waals surface area contributed by atoms with Crippen molar-refractivity contribution in [2.75, 3.05) is 18.4 Å². The molecular weight excluding hydrogens is 272 g/mol. The zero-order chi connectivity index (χ0) is 15.4. The maximum absolute atomic E-state index is 12.2. The quantitative estimate of drug-likeness (QED) is 0.658. The second-order valence-electron chi connectivity index (χ2n) is 5.45. The number of rotatable bonds is 3. The SMILES string of the molecule is CC(N)C1CCCN(C(=O)Nc2cccc([N+](=O)[O-])c2)C1. The molecule has 1 aromatic rings. The van der Waals surface area contributed by atoms with Crippen molar-refractivity contribution in [3.8, 4) is 0 Å². The van der Waals surface area contributed by atoms with Crippen LogP contribution in [0.15, 0.2) is 24.3 Å². The molecule has 0 spiro atoms. The molecule has 2 unspecified atom stereocenters. The summed E-state index contributed by atoms with van der Waals surface area (Å²) in [6, 6.07) is 5.75. The fraction of sp³-hybridized carbons (Fsp3) is 0.500. The number of nitro groups is 1. The highest BCUT2D eigenvalue weighted by Gasteiger charge is 2.25. The molecule has 1 aliphatic heterocycles. The van der Waals surface area contributed by atoms with E-state index in [1.807, 2.05) is 6.92 Å². The Labute approximate surface area is 123 Å². The second kappa shape index (κ2) is 6.53. The average Bonchev–Trinajstić information content (AvgIpc) is 2.47. The van der Waals surface area contributed by atoms with Crippen molar-refractivity contribution in [1.82, 2.24) is 4.90 Å². The van der Waals surface area contributed by atoms with Crippen LogP contribution in [0.5, 0.6) is 0 Å². The van der Waals surface area contributed by atoms with Gasteiger partial charge in [-0.25, -0.2) is 4.79 Å². The smallest absolute Gasteiger partial charge is 0.321 e. The van der Waals surface area contributed by atoms with E-state index in [2.05, 4.69) is 5.32 Å². The van der Waals surface area contributed by atoms with E-state index in [0.29, 0.717) is 24.7 Å². The summed E-state index contributed by atoms with van der Waals surface area (Å²) in [5.41, 5.74) is 6.29. The molecule has 1 saturated heterocycles. The lowest BCUT2D eigenvalue weighted by Crippen LogP contribution is -2.46.